The number of carbonyl (C=O) groups excluding carboxylic acids is 1. The van der Waals surface area contributed by atoms with Gasteiger partial charge in [0.2, 0.25) is 0 Å². The van der Waals surface area contributed by atoms with Gasteiger partial charge in [-0.05, 0) is 18.6 Å². The summed E-state index contributed by atoms with van der Waals surface area (Å²) in [6.45, 7) is 5.54. The minimum atomic E-state index is -0.438. The lowest BCUT2D eigenvalue weighted by Gasteiger charge is -2.01. The van der Waals surface area contributed by atoms with E-state index in [1.807, 2.05) is 13.8 Å². The zero-order chi connectivity index (χ0) is 10.4. The predicted molar refractivity (Wildman–Crippen MR) is 53.3 cm³/mol. The fourth-order valence-electron chi connectivity index (χ4n) is 0.844. The fraction of sp³-hybridized carbons (Fsp3) is 0.300. The van der Waals surface area contributed by atoms with E-state index in [1.54, 1.807) is 6.92 Å². The van der Waals surface area contributed by atoms with Crippen molar-refractivity contribution in [2.75, 3.05) is 0 Å². The number of halogens is 1. The van der Waals surface area contributed by atoms with Crippen LogP contribution < -0.4 is 5.46 Å². The Labute approximate surface area is 79.4 Å². The van der Waals surface area contributed by atoms with E-state index in [0.717, 1.165) is 0 Å². The molecule has 13 heavy (non-hydrogen) atoms. The minimum Gasteiger partial charge on any atom is -0.298 e. The first-order valence-corrected chi connectivity index (χ1v) is 4.16. The Hall–Kier alpha value is -1.12. The van der Waals surface area contributed by atoms with Crippen LogP contribution in [0, 0.1) is 12.7 Å². The molecule has 0 N–H and O–H groups in total. The van der Waals surface area contributed by atoms with Gasteiger partial charge in [-0.3, -0.25) is 4.79 Å². The molecule has 0 saturated carbocycles. The SMILES string of the molecule is CC.[B]c1cc(F)c(C)c(C=O)c1. The van der Waals surface area contributed by atoms with E-state index in [2.05, 4.69) is 0 Å². The van der Waals surface area contributed by atoms with Gasteiger partial charge in [-0.25, -0.2) is 4.39 Å². The van der Waals surface area contributed by atoms with Crippen LogP contribution in [0.1, 0.15) is 29.8 Å². The lowest BCUT2D eigenvalue weighted by Crippen LogP contribution is -2.07. The first-order valence-electron chi connectivity index (χ1n) is 4.16. The third-order valence-electron chi connectivity index (χ3n) is 1.53. The maximum absolute atomic E-state index is 12.8. The van der Waals surface area contributed by atoms with Crippen LogP contribution in [0.25, 0.3) is 0 Å². The summed E-state index contributed by atoms with van der Waals surface area (Å²) >= 11 is 0. The summed E-state index contributed by atoms with van der Waals surface area (Å²) in [6.07, 6.45) is 0.592. The van der Waals surface area contributed by atoms with Gasteiger partial charge in [-0.15, -0.1) is 0 Å². The molecule has 0 bridgehead atoms. The summed E-state index contributed by atoms with van der Waals surface area (Å²) in [5, 5.41) is 0. The van der Waals surface area contributed by atoms with E-state index in [9.17, 15) is 9.18 Å². The van der Waals surface area contributed by atoms with Crippen molar-refractivity contribution in [1.82, 2.24) is 0 Å². The van der Waals surface area contributed by atoms with Gasteiger partial charge in [-0.1, -0.05) is 25.4 Å². The third kappa shape index (κ3) is 3.01. The molecule has 0 aliphatic carbocycles. The second-order valence-corrected chi connectivity index (χ2v) is 2.33. The number of carbonyl (C=O) groups is 1. The standard InChI is InChI=1S/C8H6BFO.C2H6/c1-5-6(4-11)2-7(9)3-8(5)10;1-2/h2-4H,1H3;1-2H3. The maximum Gasteiger partial charge on any atom is 0.150 e. The van der Waals surface area contributed by atoms with Gasteiger partial charge < -0.3 is 0 Å². The van der Waals surface area contributed by atoms with Crippen LogP contribution in [0.5, 0.6) is 0 Å². The molecule has 0 saturated heterocycles. The van der Waals surface area contributed by atoms with Gasteiger partial charge in [0.05, 0.1) is 0 Å². The van der Waals surface area contributed by atoms with E-state index in [0.29, 0.717) is 17.4 Å². The topological polar surface area (TPSA) is 17.1 Å². The van der Waals surface area contributed by atoms with Crippen LogP contribution in [-0.4, -0.2) is 14.1 Å². The summed E-state index contributed by atoms with van der Waals surface area (Å²) < 4.78 is 12.8. The first kappa shape index (κ1) is 11.9. The summed E-state index contributed by atoms with van der Waals surface area (Å²) in [6, 6.07) is 2.65. The van der Waals surface area contributed by atoms with E-state index >= 15 is 0 Å². The van der Waals surface area contributed by atoms with Crippen molar-refractivity contribution in [3.8, 4) is 0 Å². The highest BCUT2D eigenvalue weighted by molar-refractivity contribution is 6.32. The van der Waals surface area contributed by atoms with E-state index < -0.39 is 5.82 Å². The van der Waals surface area contributed by atoms with Crippen molar-refractivity contribution in [1.29, 1.82) is 0 Å². The molecule has 1 rings (SSSR count). The zero-order valence-electron chi connectivity index (χ0n) is 8.10. The van der Waals surface area contributed by atoms with Crippen molar-refractivity contribution >= 4 is 19.6 Å². The predicted octanol–water partition coefficient (Wildman–Crippen LogP) is 1.77. The zero-order valence-corrected chi connectivity index (χ0v) is 8.10. The molecule has 3 heteroatoms. The Morgan fingerprint density at radius 1 is 1.38 bits per heavy atom. The molecule has 0 unspecified atom stereocenters. The van der Waals surface area contributed by atoms with E-state index in [4.69, 9.17) is 7.85 Å². The normalized spacial score (nSPS) is 8.62. The highest BCUT2D eigenvalue weighted by atomic mass is 19.1. The molecule has 0 heterocycles. The van der Waals surface area contributed by atoms with Crippen LogP contribution in [0.2, 0.25) is 0 Å². The quantitative estimate of drug-likeness (QED) is 0.473. The van der Waals surface area contributed by atoms with Gasteiger partial charge in [0.15, 0.2) is 0 Å². The van der Waals surface area contributed by atoms with Crippen molar-refractivity contribution in [2.45, 2.75) is 20.8 Å². The Kier molecular flexibility index (Phi) is 5.04. The Morgan fingerprint density at radius 2 is 1.92 bits per heavy atom. The monoisotopic (exact) mass is 178 g/mol. The molecule has 2 radical (unpaired) electrons. The number of benzene rings is 1. The van der Waals surface area contributed by atoms with Crippen LogP contribution >= 0.6 is 0 Å². The number of rotatable bonds is 1. The first-order chi connectivity index (χ1) is 6.15. The minimum absolute atomic E-state index is 0.273. The van der Waals surface area contributed by atoms with Crippen LogP contribution in [0.3, 0.4) is 0 Å². The molecule has 0 fully saturated rings. The van der Waals surface area contributed by atoms with Crippen molar-refractivity contribution in [3.05, 3.63) is 29.1 Å². The summed E-state index contributed by atoms with van der Waals surface area (Å²) in [5.41, 5.74) is 0.923. The van der Waals surface area contributed by atoms with Gasteiger partial charge in [0.1, 0.15) is 19.9 Å². The number of hydrogen-bond acceptors (Lipinski definition) is 1. The number of hydrogen-bond donors (Lipinski definition) is 0. The number of aldehydes is 1. The molecule has 68 valence electrons. The molecule has 0 aliphatic rings. The maximum atomic E-state index is 12.8. The lowest BCUT2D eigenvalue weighted by atomic mass is 9.92. The third-order valence-corrected chi connectivity index (χ3v) is 1.53. The van der Waals surface area contributed by atoms with Gasteiger partial charge in [-0.2, -0.15) is 0 Å². The average molecular weight is 178 g/mol. The molecule has 1 aromatic rings. The highest BCUT2D eigenvalue weighted by Gasteiger charge is 2.02. The van der Waals surface area contributed by atoms with Crippen molar-refractivity contribution in [3.63, 3.8) is 0 Å². The molecule has 0 aliphatic heterocycles. The average Bonchev–Trinajstić information content (AvgIpc) is 2.14. The van der Waals surface area contributed by atoms with Crippen LogP contribution in [-0.2, 0) is 0 Å². The smallest absolute Gasteiger partial charge is 0.150 e. The molecule has 0 atom stereocenters. The molecule has 1 aromatic carbocycles. The molecular formula is C10H12BFO. The fourth-order valence-corrected chi connectivity index (χ4v) is 0.844. The Morgan fingerprint density at radius 3 is 2.38 bits per heavy atom. The molecule has 0 spiro atoms. The summed E-state index contributed by atoms with van der Waals surface area (Å²) in [7, 11) is 5.30. The van der Waals surface area contributed by atoms with Crippen molar-refractivity contribution in [2.24, 2.45) is 0 Å². The van der Waals surface area contributed by atoms with Gasteiger partial charge >= 0.3 is 0 Å². The van der Waals surface area contributed by atoms with Crippen LogP contribution in [0.15, 0.2) is 12.1 Å². The summed E-state index contributed by atoms with van der Waals surface area (Å²) in [5.74, 6) is -0.438. The Bertz CT molecular complexity index is 297. The molecule has 1 nitrogen and oxygen atoms in total. The van der Waals surface area contributed by atoms with Gasteiger partial charge in [0, 0.05) is 5.56 Å². The summed E-state index contributed by atoms with van der Waals surface area (Å²) in [4.78, 5) is 10.3. The molecule has 0 aromatic heterocycles. The van der Waals surface area contributed by atoms with E-state index in [1.165, 1.54) is 12.1 Å². The van der Waals surface area contributed by atoms with E-state index in [-0.39, 0.29) is 5.46 Å². The highest BCUT2D eigenvalue weighted by Crippen LogP contribution is 2.07. The molecular weight excluding hydrogens is 166 g/mol. The van der Waals surface area contributed by atoms with Crippen LogP contribution in [0.4, 0.5) is 4.39 Å². The Balaban J connectivity index is 0.000000671. The lowest BCUT2D eigenvalue weighted by molar-refractivity contribution is 0.112. The largest absolute Gasteiger partial charge is 0.298 e. The van der Waals surface area contributed by atoms with Crippen molar-refractivity contribution < 1.29 is 9.18 Å². The second kappa shape index (κ2) is 5.52. The molecule has 0 amide bonds. The second-order valence-electron chi connectivity index (χ2n) is 2.33. The van der Waals surface area contributed by atoms with Gasteiger partial charge in [0.25, 0.3) is 0 Å².